The number of carbonyl (C=O) groups is 1. The Kier molecular flexibility index (Phi) is 5.63. The van der Waals surface area contributed by atoms with Gasteiger partial charge in [0.25, 0.3) is 10.0 Å². The molecule has 1 aromatic carbocycles. The highest BCUT2D eigenvalue weighted by atomic mass is 32.2. The van der Waals surface area contributed by atoms with Crippen LogP contribution in [0.15, 0.2) is 46.0 Å². The van der Waals surface area contributed by atoms with Gasteiger partial charge in [0, 0.05) is 11.4 Å². The number of sulfonamides is 1. The van der Waals surface area contributed by atoms with Gasteiger partial charge in [-0.15, -0.1) is 22.7 Å². The van der Waals surface area contributed by atoms with Crippen LogP contribution in [-0.4, -0.2) is 24.7 Å². The lowest BCUT2D eigenvalue weighted by molar-refractivity contribution is -0.120. The van der Waals surface area contributed by atoms with E-state index in [1.54, 1.807) is 17.5 Å². The van der Waals surface area contributed by atoms with Crippen LogP contribution < -0.4 is 5.32 Å². The van der Waals surface area contributed by atoms with Crippen molar-refractivity contribution in [3.8, 4) is 6.07 Å². The maximum atomic E-state index is 13.5. The third kappa shape index (κ3) is 3.67. The van der Waals surface area contributed by atoms with Crippen molar-refractivity contribution in [2.75, 3.05) is 5.32 Å². The molecular formula is C23H21N3O3S3. The van der Waals surface area contributed by atoms with E-state index in [-0.39, 0.29) is 10.8 Å². The molecule has 3 heterocycles. The van der Waals surface area contributed by atoms with Crippen molar-refractivity contribution < 1.29 is 13.2 Å². The van der Waals surface area contributed by atoms with Crippen molar-refractivity contribution in [3.63, 3.8) is 0 Å². The van der Waals surface area contributed by atoms with E-state index in [1.165, 1.54) is 15.6 Å². The molecule has 0 spiro atoms. The molecule has 0 saturated carbocycles. The summed E-state index contributed by atoms with van der Waals surface area (Å²) in [4.78, 5) is 14.6. The molecule has 9 heteroatoms. The molecule has 1 N–H and O–H groups in total. The molecule has 164 valence electrons. The number of hydrogen-bond acceptors (Lipinski definition) is 6. The first-order valence-corrected chi connectivity index (χ1v) is 13.6. The van der Waals surface area contributed by atoms with E-state index in [0.717, 1.165) is 58.6 Å². The number of fused-ring (bicyclic) bond motifs is 2. The third-order valence-corrected chi connectivity index (χ3v) is 10.5. The van der Waals surface area contributed by atoms with Gasteiger partial charge in [-0.05, 0) is 60.2 Å². The molecule has 1 aliphatic heterocycles. The molecule has 1 atom stereocenters. The monoisotopic (exact) mass is 483 g/mol. The zero-order chi connectivity index (χ0) is 22.3. The minimum absolute atomic E-state index is 0.139. The van der Waals surface area contributed by atoms with Crippen molar-refractivity contribution in [2.24, 2.45) is 0 Å². The second-order valence-electron chi connectivity index (χ2n) is 7.99. The molecule has 1 amide bonds. The van der Waals surface area contributed by atoms with Crippen LogP contribution >= 0.6 is 22.7 Å². The number of nitrogens with zero attached hydrogens (tertiary/aromatic N) is 2. The zero-order valence-corrected chi connectivity index (χ0v) is 19.7. The van der Waals surface area contributed by atoms with E-state index in [2.05, 4.69) is 11.4 Å². The Labute approximate surface area is 195 Å². The van der Waals surface area contributed by atoms with Gasteiger partial charge >= 0.3 is 0 Å². The Bertz CT molecular complexity index is 1320. The van der Waals surface area contributed by atoms with Crippen LogP contribution in [0.4, 0.5) is 5.00 Å². The summed E-state index contributed by atoms with van der Waals surface area (Å²) in [5, 5.41) is 14.9. The minimum atomic E-state index is -3.84. The van der Waals surface area contributed by atoms with Crippen LogP contribution in [0.2, 0.25) is 0 Å². The lowest BCUT2D eigenvalue weighted by atomic mass is 9.95. The third-order valence-electron chi connectivity index (χ3n) is 6.09. The second-order valence-corrected chi connectivity index (χ2v) is 12.2. The molecule has 2 aromatic heterocycles. The molecular weight excluding hydrogens is 462 g/mol. The summed E-state index contributed by atoms with van der Waals surface area (Å²) in [7, 11) is -3.84. The number of anilines is 1. The number of aryl methyl sites for hydroxylation is 1. The molecule has 5 rings (SSSR count). The second kappa shape index (κ2) is 8.45. The lowest BCUT2D eigenvalue weighted by Crippen LogP contribution is -2.50. The highest BCUT2D eigenvalue weighted by Gasteiger charge is 2.40. The summed E-state index contributed by atoms with van der Waals surface area (Å²) < 4.78 is 28.4. The van der Waals surface area contributed by atoms with Crippen LogP contribution in [0.25, 0.3) is 0 Å². The van der Waals surface area contributed by atoms with Gasteiger partial charge in [-0.1, -0.05) is 30.3 Å². The Balaban J connectivity index is 1.51. The van der Waals surface area contributed by atoms with E-state index < -0.39 is 22.0 Å². The van der Waals surface area contributed by atoms with Crippen molar-refractivity contribution in [3.05, 3.63) is 68.9 Å². The summed E-state index contributed by atoms with van der Waals surface area (Å²) >= 11 is 2.60. The van der Waals surface area contributed by atoms with E-state index in [1.807, 2.05) is 24.3 Å². The van der Waals surface area contributed by atoms with Crippen molar-refractivity contribution in [1.29, 1.82) is 5.26 Å². The SMILES string of the molecule is N#Cc1c(NC(=O)[C@H]2Cc3ccccc3CN2S(=O)(=O)c2cccs2)sc2c1CCCC2. The number of carbonyl (C=O) groups excluding carboxylic acids is 1. The van der Waals surface area contributed by atoms with E-state index in [9.17, 15) is 18.5 Å². The fourth-order valence-corrected chi connectivity index (χ4v) is 8.40. The molecule has 0 bridgehead atoms. The van der Waals surface area contributed by atoms with Crippen LogP contribution in [0.3, 0.4) is 0 Å². The molecule has 2 aliphatic rings. The number of hydrogen-bond donors (Lipinski definition) is 1. The van der Waals surface area contributed by atoms with E-state index in [0.29, 0.717) is 17.0 Å². The average Bonchev–Trinajstić information content (AvgIpc) is 3.46. The fourth-order valence-electron chi connectivity index (χ4n) is 4.47. The average molecular weight is 484 g/mol. The number of benzene rings is 1. The van der Waals surface area contributed by atoms with Gasteiger partial charge in [0.1, 0.15) is 21.3 Å². The number of amides is 1. The molecule has 0 radical (unpaired) electrons. The first-order valence-electron chi connectivity index (χ1n) is 10.5. The topological polar surface area (TPSA) is 90.3 Å². The number of thiophene rings is 2. The predicted molar refractivity (Wildman–Crippen MR) is 125 cm³/mol. The quantitative estimate of drug-likeness (QED) is 0.599. The first-order chi connectivity index (χ1) is 15.5. The highest BCUT2D eigenvalue weighted by molar-refractivity contribution is 7.91. The summed E-state index contributed by atoms with van der Waals surface area (Å²) in [5.41, 5.74) is 3.44. The van der Waals surface area contributed by atoms with Crippen molar-refractivity contribution >= 4 is 43.6 Å². The predicted octanol–water partition coefficient (Wildman–Crippen LogP) is 4.31. The zero-order valence-electron chi connectivity index (χ0n) is 17.2. The van der Waals surface area contributed by atoms with Crippen LogP contribution in [0.1, 0.15) is 40.0 Å². The van der Waals surface area contributed by atoms with Gasteiger partial charge in [-0.25, -0.2) is 8.42 Å². The number of rotatable bonds is 4. The smallest absolute Gasteiger partial charge is 0.253 e. The van der Waals surface area contributed by atoms with E-state index >= 15 is 0 Å². The Hall–Kier alpha value is -2.51. The summed E-state index contributed by atoms with van der Waals surface area (Å²) in [6, 6.07) is 12.3. The van der Waals surface area contributed by atoms with Gasteiger partial charge in [0.15, 0.2) is 0 Å². The molecule has 0 fully saturated rings. The van der Waals surface area contributed by atoms with E-state index in [4.69, 9.17) is 0 Å². The normalized spacial score (nSPS) is 18.4. The van der Waals surface area contributed by atoms with Gasteiger partial charge in [0.2, 0.25) is 5.91 Å². The molecule has 32 heavy (non-hydrogen) atoms. The molecule has 3 aromatic rings. The Morgan fingerprint density at radius 2 is 1.91 bits per heavy atom. The Morgan fingerprint density at radius 1 is 1.12 bits per heavy atom. The van der Waals surface area contributed by atoms with Crippen molar-refractivity contribution in [2.45, 2.75) is 48.9 Å². The maximum absolute atomic E-state index is 13.5. The van der Waals surface area contributed by atoms with Crippen LogP contribution in [-0.2, 0) is 40.6 Å². The first kappa shape index (κ1) is 21.3. The molecule has 6 nitrogen and oxygen atoms in total. The van der Waals surface area contributed by atoms with Crippen LogP contribution in [0.5, 0.6) is 0 Å². The molecule has 1 aliphatic carbocycles. The summed E-state index contributed by atoms with van der Waals surface area (Å²) in [6.07, 6.45) is 4.18. The largest absolute Gasteiger partial charge is 0.315 e. The molecule has 0 saturated heterocycles. The standard InChI is InChI=1S/C23H21N3O3S3/c24-13-18-17-8-3-4-9-20(17)31-23(18)25-22(27)19-12-15-6-1-2-7-16(15)14-26(19)32(28,29)21-10-5-11-30-21/h1-2,5-7,10-11,19H,3-4,8-9,12,14H2,(H,25,27)/t19-/m1/s1. The van der Waals surface area contributed by atoms with Gasteiger partial charge < -0.3 is 5.32 Å². The number of nitrogens with one attached hydrogen (secondary N) is 1. The lowest BCUT2D eigenvalue weighted by Gasteiger charge is -2.34. The van der Waals surface area contributed by atoms with Crippen molar-refractivity contribution in [1.82, 2.24) is 4.31 Å². The minimum Gasteiger partial charge on any atom is -0.315 e. The number of nitriles is 1. The fraction of sp³-hybridized carbons (Fsp3) is 0.304. The van der Waals surface area contributed by atoms with Gasteiger partial charge in [0.05, 0.1) is 5.56 Å². The highest BCUT2D eigenvalue weighted by Crippen LogP contribution is 2.38. The summed E-state index contributed by atoms with van der Waals surface area (Å²) in [5.74, 6) is -0.394. The van der Waals surface area contributed by atoms with Gasteiger partial charge in [-0.3, -0.25) is 4.79 Å². The van der Waals surface area contributed by atoms with Crippen LogP contribution in [0, 0.1) is 11.3 Å². The Morgan fingerprint density at radius 3 is 2.66 bits per heavy atom. The maximum Gasteiger partial charge on any atom is 0.253 e. The summed E-state index contributed by atoms with van der Waals surface area (Å²) in [6.45, 7) is 0.139. The molecule has 0 unspecified atom stereocenters. The van der Waals surface area contributed by atoms with Gasteiger partial charge in [-0.2, -0.15) is 9.57 Å².